The molecule has 0 atom stereocenters. The van der Waals surface area contributed by atoms with Crippen molar-refractivity contribution in [3.8, 4) is 11.1 Å². The summed E-state index contributed by atoms with van der Waals surface area (Å²) in [6.45, 7) is 1.97. The van der Waals surface area contributed by atoms with Crippen molar-refractivity contribution in [2.45, 2.75) is 31.5 Å². The average molecular weight is 432 g/mol. The van der Waals surface area contributed by atoms with E-state index in [1.54, 1.807) is 24.4 Å². The van der Waals surface area contributed by atoms with E-state index in [9.17, 15) is 23.1 Å². The maximum atomic E-state index is 13.0. The summed E-state index contributed by atoms with van der Waals surface area (Å²) in [7, 11) is 0. The SMILES string of the molecule is Cc1cc(CO)c(-c2ccc(C3(C(=O)Cc4ncc(C(F)(F)F)o4)COC3)cc2)cn1. The van der Waals surface area contributed by atoms with E-state index in [4.69, 9.17) is 9.15 Å². The molecule has 1 saturated heterocycles. The van der Waals surface area contributed by atoms with Gasteiger partial charge in [-0.15, -0.1) is 0 Å². The fourth-order valence-corrected chi connectivity index (χ4v) is 3.60. The fraction of sp³-hybridized carbons (Fsp3) is 0.318. The molecule has 9 heteroatoms. The summed E-state index contributed by atoms with van der Waals surface area (Å²) >= 11 is 0. The second kappa shape index (κ2) is 7.90. The molecule has 6 nitrogen and oxygen atoms in total. The summed E-state index contributed by atoms with van der Waals surface area (Å²) < 4.78 is 48.1. The minimum absolute atomic E-state index is 0.131. The van der Waals surface area contributed by atoms with Crippen molar-refractivity contribution in [3.63, 3.8) is 0 Å². The van der Waals surface area contributed by atoms with Crippen molar-refractivity contribution >= 4 is 5.78 Å². The quantitative estimate of drug-likeness (QED) is 0.640. The molecule has 4 rings (SSSR count). The van der Waals surface area contributed by atoms with Gasteiger partial charge in [0, 0.05) is 17.5 Å². The fourth-order valence-electron chi connectivity index (χ4n) is 3.60. The van der Waals surface area contributed by atoms with Gasteiger partial charge in [-0.3, -0.25) is 9.78 Å². The highest BCUT2D eigenvalue weighted by molar-refractivity contribution is 5.92. The zero-order valence-corrected chi connectivity index (χ0v) is 16.6. The minimum Gasteiger partial charge on any atom is -0.436 e. The molecule has 3 aromatic rings. The van der Waals surface area contributed by atoms with Gasteiger partial charge >= 0.3 is 6.18 Å². The van der Waals surface area contributed by atoms with Crippen LogP contribution in [0.15, 0.2) is 47.1 Å². The van der Waals surface area contributed by atoms with Gasteiger partial charge in [0.15, 0.2) is 5.78 Å². The van der Waals surface area contributed by atoms with Gasteiger partial charge in [0.2, 0.25) is 11.7 Å². The lowest BCUT2D eigenvalue weighted by Crippen LogP contribution is -2.53. The molecule has 2 aromatic heterocycles. The molecule has 0 unspecified atom stereocenters. The number of carbonyl (C=O) groups is 1. The van der Waals surface area contributed by atoms with Crippen LogP contribution >= 0.6 is 0 Å². The largest absolute Gasteiger partial charge is 0.451 e. The standard InChI is InChI=1S/C22H19F3N2O4/c1-13-6-15(10-28)17(8-26-13)14-2-4-16(5-3-14)21(11-30-12-21)18(29)7-20-27-9-19(31-20)22(23,24)25/h2-6,8-9,28H,7,10-12H2,1H3. The number of halogens is 3. The molecular formula is C22H19F3N2O4. The number of alkyl halides is 3. The Kier molecular flexibility index (Phi) is 5.40. The zero-order chi connectivity index (χ0) is 22.2. The highest BCUT2D eigenvalue weighted by atomic mass is 19.4. The predicted molar refractivity (Wildman–Crippen MR) is 103 cm³/mol. The Hall–Kier alpha value is -3.04. The van der Waals surface area contributed by atoms with Crippen molar-refractivity contribution in [2.75, 3.05) is 13.2 Å². The summed E-state index contributed by atoms with van der Waals surface area (Å²) in [5.41, 5.74) is 2.87. The second-order valence-electron chi connectivity index (χ2n) is 7.51. The Bertz CT molecular complexity index is 1100. The monoisotopic (exact) mass is 432 g/mol. The molecule has 1 N–H and O–H groups in total. The van der Waals surface area contributed by atoms with Gasteiger partial charge < -0.3 is 14.3 Å². The van der Waals surface area contributed by atoms with Crippen LogP contribution in [-0.4, -0.2) is 34.1 Å². The van der Waals surface area contributed by atoms with Crippen LogP contribution in [0.1, 0.15) is 28.5 Å². The number of rotatable bonds is 6. The van der Waals surface area contributed by atoms with E-state index in [1.807, 2.05) is 19.1 Å². The average Bonchev–Trinajstić information content (AvgIpc) is 3.16. The highest BCUT2D eigenvalue weighted by Crippen LogP contribution is 2.37. The summed E-state index contributed by atoms with van der Waals surface area (Å²) in [6, 6.07) is 9.02. The first-order valence-corrected chi connectivity index (χ1v) is 9.53. The van der Waals surface area contributed by atoms with E-state index in [0.29, 0.717) is 11.8 Å². The van der Waals surface area contributed by atoms with E-state index in [-0.39, 0.29) is 37.9 Å². The highest BCUT2D eigenvalue weighted by Gasteiger charge is 2.47. The van der Waals surface area contributed by atoms with Crippen molar-refractivity contribution in [1.29, 1.82) is 0 Å². The van der Waals surface area contributed by atoms with Gasteiger partial charge in [0.25, 0.3) is 0 Å². The Morgan fingerprint density at radius 1 is 1.16 bits per heavy atom. The first kappa shape index (κ1) is 21.2. The van der Waals surface area contributed by atoms with Crippen molar-refractivity contribution in [2.24, 2.45) is 0 Å². The van der Waals surface area contributed by atoms with Crippen LogP contribution in [-0.2, 0) is 34.2 Å². The number of oxazole rings is 1. The van der Waals surface area contributed by atoms with Crippen molar-refractivity contribution in [1.82, 2.24) is 9.97 Å². The van der Waals surface area contributed by atoms with Crippen LogP contribution in [0.5, 0.6) is 0 Å². The molecule has 1 aliphatic rings. The second-order valence-corrected chi connectivity index (χ2v) is 7.51. The smallest absolute Gasteiger partial charge is 0.436 e. The van der Waals surface area contributed by atoms with E-state index in [1.165, 1.54) is 0 Å². The molecular weight excluding hydrogens is 413 g/mol. The Labute approximate surface area is 175 Å². The molecule has 162 valence electrons. The molecule has 31 heavy (non-hydrogen) atoms. The number of benzene rings is 1. The number of aliphatic hydroxyl groups excluding tert-OH is 1. The molecule has 0 radical (unpaired) electrons. The van der Waals surface area contributed by atoms with Gasteiger partial charge in [-0.05, 0) is 29.7 Å². The van der Waals surface area contributed by atoms with Crippen molar-refractivity contribution in [3.05, 3.63) is 71.2 Å². The third-order valence-electron chi connectivity index (χ3n) is 5.42. The molecule has 0 bridgehead atoms. The molecule has 0 aliphatic carbocycles. The Morgan fingerprint density at radius 3 is 2.42 bits per heavy atom. The van der Waals surface area contributed by atoms with Gasteiger partial charge in [-0.2, -0.15) is 13.2 Å². The van der Waals surface area contributed by atoms with E-state index >= 15 is 0 Å². The number of aliphatic hydroxyl groups is 1. The Morgan fingerprint density at radius 2 is 1.87 bits per heavy atom. The molecule has 0 amide bonds. The molecule has 0 saturated carbocycles. The van der Waals surface area contributed by atoms with Gasteiger partial charge in [0.1, 0.15) is 5.41 Å². The number of carbonyl (C=O) groups excluding carboxylic acids is 1. The number of nitrogens with zero attached hydrogens (tertiary/aromatic N) is 2. The maximum Gasteiger partial charge on any atom is 0.451 e. The molecule has 0 spiro atoms. The number of hydrogen-bond acceptors (Lipinski definition) is 6. The third-order valence-corrected chi connectivity index (χ3v) is 5.42. The van der Waals surface area contributed by atoms with Crippen LogP contribution in [0.3, 0.4) is 0 Å². The molecule has 1 fully saturated rings. The van der Waals surface area contributed by atoms with E-state index in [2.05, 4.69) is 9.97 Å². The van der Waals surface area contributed by atoms with E-state index < -0.39 is 17.4 Å². The number of ether oxygens (including phenoxy) is 1. The molecule has 1 aromatic carbocycles. The minimum atomic E-state index is -4.65. The van der Waals surface area contributed by atoms with Crippen LogP contribution in [0, 0.1) is 6.92 Å². The van der Waals surface area contributed by atoms with E-state index in [0.717, 1.165) is 22.4 Å². The van der Waals surface area contributed by atoms with Gasteiger partial charge in [-0.25, -0.2) is 4.98 Å². The van der Waals surface area contributed by atoms with Gasteiger partial charge in [0.05, 0.1) is 32.4 Å². The van der Waals surface area contributed by atoms with Crippen LogP contribution in [0.4, 0.5) is 13.2 Å². The molecule has 3 heterocycles. The summed E-state index contributed by atoms with van der Waals surface area (Å²) in [6.07, 6.45) is -2.75. The first-order valence-electron chi connectivity index (χ1n) is 9.53. The van der Waals surface area contributed by atoms with Crippen LogP contribution in [0.25, 0.3) is 11.1 Å². The lowest BCUT2D eigenvalue weighted by atomic mass is 9.73. The summed E-state index contributed by atoms with van der Waals surface area (Å²) in [5.74, 6) is -1.83. The lowest BCUT2D eigenvalue weighted by Gasteiger charge is -2.40. The predicted octanol–water partition coefficient (Wildman–Crippen LogP) is 3.64. The number of aromatic nitrogens is 2. The normalized spacial score (nSPS) is 15.5. The lowest BCUT2D eigenvalue weighted by molar-refractivity contribution is -0.154. The van der Waals surface area contributed by atoms with Crippen LogP contribution in [0.2, 0.25) is 0 Å². The topological polar surface area (TPSA) is 85.5 Å². The molecule has 1 aliphatic heterocycles. The van der Waals surface area contributed by atoms with Gasteiger partial charge in [-0.1, -0.05) is 24.3 Å². The number of ketones is 1. The number of aryl methyl sites for hydroxylation is 1. The first-order chi connectivity index (χ1) is 14.7. The number of Topliss-reactive ketones (excluding diaryl/α,β-unsaturated/α-hetero) is 1. The number of pyridine rings is 1. The summed E-state index contributed by atoms with van der Waals surface area (Å²) in [4.78, 5) is 20.8. The Balaban J connectivity index is 1.57. The van der Waals surface area contributed by atoms with Crippen molar-refractivity contribution < 1.29 is 32.2 Å². The number of hydrogen-bond donors (Lipinski definition) is 1. The zero-order valence-electron chi connectivity index (χ0n) is 16.6. The maximum absolute atomic E-state index is 13.0. The summed E-state index contributed by atoms with van der Waals surface area (Å²) in [5, 5.41) is 9.63. The van der Waals surface area contributed by atoms with Crippen LogP contribution < -0.4 is 0 Å². The third kappa shape index (κ3) is 3.98.